The van der Waals surface area contributed by atoms with Crippen molar-refractivity contribution in [2.45, 2.75) is 23.8 Å². The summed E-state index contributed by atoms with van der Waals surface area (Å²) in [5, 5.41) is 2.93. The van der Waals surface area contributed by atoms with Gasteiger partial charge in [0.15, 0.2) is 0 Å². The quantitative estimate of drug-likeness (QED) is 0.696. The number of nitrogens with zero attached hydrogens (tertiary/aromatic N) is 2. The van der Waals surface area contributed by atoms with Gasteiger partial charge in [-0.1, -0.05) is 0 Å². The van der Waals surface area contributed by atoms with Gasteiger partial charge in [-0.2, -0.15) is 4.31 Å². The Morgan fingerprint density at radius 3 is 2.20 bits per heavy atom. The lowest BCUT2D eigenvalue weighted by Gasteiger charge is -2.33. The van der Waals surface area contributed by atoms with Crippen molar-refractivity contribution in [2.75, 3.05) is 32.7 Å². The number of carbonyl (C=O) groups is 2. The maximum absolute atomic E-state index is 12.7. The molecule has 0 atom stereocenters. The van der Waals surface area contributed by atoms with Crippen LogP contribution in [0.25, 0.3) is 0 Å². The molecule has 1 saturated heterocycles. The van der Waals surface area contributed by atoms with E-state index >= 15 is 0 Å². The Morgan fingerprint density at radius 2 is 1.68 bits per heavy atom. The zero-order valence-corrected chi connectivity index (χ0v) is 14.7. The third kappa shape index (κ3) is 4.36. The Morgan fingerprint density at radius 1 is 1.08 bits per heavy atom. The molecular weight excluding hydrogens is 344 g/mol. The van der Waals surface area contributed by atoms with Crippen LogP contribution >= 0.6 is 0 Å². The second-order valence-corrected chi connectivity index (χ2v) is 8.35. The molecule has 0 radical (unpaired) electrons. The van der Waals surface area contributed by atoms with E-state index in [1.807, 2.05) is 4.90 Å². The van der Waals surface area contributed by atoms with Crippen molar-refractivity contribution in [2.24, 2.45) is 5.73 Å². The van der Waals surface area contributed by atoms with Crippen molar-refractivity contribution in [3.8, 4) is 0 Å². The number of hydrogen-bond donors (Lipinski definition) is 2. The van der Waals surface area contributed by atoms with Crippen LogP contribution in [0, 0.1) is 0 Å². The van der Waals surface area contributed by atoms with Crippen LogP contribution in [0.4, 0.5) is 0 Å². The fourth-order valence-corrected chi connectivity index (χ4v) is 4.19. The molecular formula is C16H22N4O4S. The zero-order chi connectivity index (χ0) is 18.0. The van der Waals surface area contributed by atoms with Crippen LogP contribution in [-0.4, -0.2) is 68.2 Å². The molecule has 1 saturated carbocycles. The smallest absolute Gasteiger partial charge is 0.248 e. The summed E-state index contributed by atoms with van der Waals surface area (Å²) in [5.74, 6) is -0.595. The summed E-state index contributed by atoms with van der Waals surface area (Å²) in [7, 11) is -3.61. The largest absolute Gasteiger partial charge is 0.366 e. The normalized spacial score (nSPS) is 19.5. The molecule has 8 nitrogen and oxygen atoms in total. The number of nitrogens with two attached hydrogens (primary N) is 1. The molecule has 0 spiro atoms. The SMILES string of the molecule is NC(=O)c1ccc(S(=O)(=O)N2CCN(CC(=O)NC3CC3)CC2)cc1. The fourth-order valence-electron chi connectivity index (χ4n) is 2.77. The highest BCUT2D eigenvalue weighted by molar-refractivity contribution is 7.89. The van der Waals surface area contributed by atoms with Crippen molar-refractivity contribution < 1.29 is 18.0 Å². The highest BCUT2D eigenvalue weighted by atomic mass is 32.2. The first-order chi connectivity index (χ1) is 11.9. The third-order valence-electron chi connectivity index (χ3n) is 4.42. The van der Waals surface area contributed by atoms with Gasteiger partial charge in [0, 0.05) is 37.8 Å². The van der Waals surface area contributed by atoms with Gasteiger partial charge >= 0.3 is 0 Å². The average Bonchev–Trinajstić information content (AvgIpc) is 3.39. The molecule has 0 unspecified atom stereocenters. The second-order valence-electron chi connectivity index (χ2n) is 6.41. The lowest BCUT2D eigenvalue weighted by atomic mass is 10.2. The van der Waals surface area contributed by atoms with Gasteiger partial charge in [-0.25, -0.2) is 8.42 Å². The number of carbonyl (C=O) groups excluding carboxylic acids is 2. The molecule has 2 aliphatic rings. The van der Waals surface area contributed by atoms with Crippen LogP contribution in [0.1, 0.15) is 23.2 Å². The minimum atomic E-state index is -3.61. The molecule has 1 aliphatic carbocycles. The Bertz CT molecular complexity index is 751. The molecule has 1 aromatic rings. The van der Waals surface area contributed by atoms with Crippen molar-refractivity contribution >= 4 is 21.8 Å². The number of piperazine rings is 1. The molecule has 0 aromatic heterocycles. The molecule has 2 amide bonds. The van der Waals surface area contributed by atoms with Gasteiger partial charge in [0.05, 0.1) is 11.4 Å². The standard InChI is InChI=1S/C16H22N4O4S/c17-16(22)12-1-5-14(6-2-12)25(23,24)20-9-7-19(8-10-20)11-15(21)18-13-3-4-13/h1-2,5-6,13H,3-4,7-11H2,(H2,17,22)(H,18,21). The highest BCUT2D eigenvalue weighted by Gasteiger charge is 2.30. The van der Waals surface area contributed by atoms with Gasteiger partial charge in [0.1, 0.15) is 0 Å². The molecule has 25 heavy (non-hydrogen) atoms. The van der Waals surface area contributed by atoms with Gasteiger partial charge in [-0.3, -0.25) is 14.5 Å². The Balaban J connectivity index is 1.57. The van der Waals surface area contributed by atoms with Crippen molar-refractivity contribution in [3.05, 3.63) is 29.8 Å². The molecule has 3 rings (SSSR count). The summed E-state index contributed by atoms with van der Waals surface area (Å²) in [4.78, 5) is 25.0. The third-order valence-corrected chi connectivity index (χ3v) is 6.33. The topological polar surface area (TPSA) is 113 Å². The van der Waals surface area contributed by atoms with Crippen molar-refractivity contribution in [1.82, 2.24) is 14.5 Å². The van der Waals surface area contributed by atoms with Crippen LogP contribution in [0.15, 0.2) is 29.2 Å². The summed E-state index contributed by atoms with van der Waals surface area (Å²) in [6.45, 7) is 1.98. The van der Waals surface area contributed by atoms with E-state index in [9.17, 15) is 18.0 Å². The van der Waals surface area contributed by atoms with E-state index in [2.05, 4.69) is 5.32 Å². The monoisotopic (exact) mass is 366 g/mol. The fraction of sp³-hybridized carbons (Fsp3) is 0.500. The highest BCUT2D eigenvalue weighted by Crippen LogP contribution is 2.19. The molecule has 0 bridgehead atoms. The number of sulfonamides is 1. The molecule has 136 valence electrons. The van der Waals surface area contributed by atoms with Gasteiger partial charge < -0.3 is 11.1 Å². The Hall–Kier alpha value is -1.97. The lowest BCUT2D eigenvalue weighted by molar-refractivity contribution is -0.122. The van der Waals surface area contributed by atoms with Gasteiger partial charge in [0.2, 0.25) is 21.8 Å². The second kappa shape index (κ2) is 7.11. The number of hydrogen-bond acceptors (Lipinski definition) is 5. The molecule has 9 heteroatoms. The molecule has 3 N–H and O–H groups in total. The lowest BCUT2D eigenvalue weighted by Crippen LogP contribution is -2.51. The number of primary amides is 1. The predicted molar refractivity (Wildman–Crippen MR) is 91.3 cm³/mol. The summed E-state index contributed by atoms with van der Waals surface area (Å²) < 4.78 is 26.7. The maximum Gasteiger partial charge on any atom is 0.248 e. The van der Waals surface area contributed by atoms with Crippen LogP contribution < -0.4 is 11.1 Å². The first-order valence-corrected chi connectivity index (χ1v) is 9.72. The van der Waals surface area contributed by atoms with E-state index in [1.54, 1.807) is 0 Å². The maximum atomic E-state index is 12.7. The molecule has 1 heterocycles. The van der Waals surface area contributed by atoms with E-state index in [4.69, 9.17) is 5.73 Å². The van der Waals surface area contributed by atoms with Crippen LogP contribution in [0.5, 0.6) is 0 Å². The molecule has 1 aliphatic heterocycles. The Kier molecular flexibility index (Phi) is 5.07. The van der Waals surface area contributed by atoms with E-state index in [1.165, 1.54) is 28.6 Å². The van der Waals surface area contributed by atoms with E-state index in [0.29, 0.717) is 38.8 Å². The van der Waals surface area contributed by atoms with E-state index in [-0.39, 0.29) is 16.4 Å². The summed E-state index contributed by atoms with van der Waals surface area (Å²) in [6.07, 6.45) is 2.10. The molecule has 1 aromatic carbocycles. The average molecular weight is 366 g/mol. The van der Waals surface area contributed by atoms with E-state index < -0.39 is 15.9 Å². The van der Waals surface area contributed by atoms with Gasteiger partial charge in [-0.15, -0.1) is 0 Å². The van der Waals surface area contributed by atoms with Crippen molar-refractivity contribution in [3.63, 3.8) is 0 Å². The first kappa shape index (κ1) is 17.8. The summed E-state index contributed by atoms with van der Waals surface area (Å²) >= 11 is 0. The first-order valence-electron chi connectivity index (χ1n) is 8.28. The number of benzene rings is 1. The molecule has 2 fully saturated rings. The number of rotatable bonds is 6. The zero-order valence-electron chi connectivity index (χ0n) is 13.8. The minimum Gasteiger partial charge on any atom is -0.366 e. The minimum absolute atomic E-state index is 0.000785. The Labute approximate surface area is 147 Å². The number of amides is 2. The number of nitrogens with one attached hydrogen (secondary N) is 1. The van der Waals surface area contributed by atoms with Crippen LogP contribution in [-0.2, 0) is 14.8 Å². The summed E-state index contributed by atoms with van der Waals surface area (Å²) in [6, 6.07) is 5.94. The van der Waals surface area contributed by atoms with Crippen molar-refractivity contribution in [1.29, 1.82) is 0 Å². The van der Waals surface area contributed by atoms with Gasteiger partial charge in [0.25, 0.3) is 0 Å². The van der Waals surface area contributed by atoms with Gasteiger partial charge in [-0.05, 0) is 37.1 Å². The summed E-state index contributed by atoms with van der Waals surface area (Å²) in [5.41, 5.74) is 5.44. The van der Waals surface area contributed by atoms with Crippen LogP contribution in [0.2, 0.25) is 0 Å². The van der Waals surface area contributed by atoms with E-state index in [0.717, 1.165) is 12.8 Å². The van der Waals surface area contributed by atoms with Crippen LogP contribution in [0.3, 0.4) is 0 Å². The predicted octanol–water partition coefficient (Wildman–Crippen LogP) is -0.630.